The van der Waals surface area contributed by atoms with E-state index in [0.29, 0.717) is 4.57 Å². The fourth-order valence-electron chi connectivity index (χ4n) is 4.15. The summed E-state index contributed by atoms with van der Waals surface area (Å²) in [7, 11) is -4.49. The van der Waals surface area contributed by atoms with Crippen LogP contribution in [-0.4, -0.2) is 63.4 Å². The molecule has 0 aliphatic carbocycles. The molecule has 13 nitrogen and oxygen atoms in total. The second-order valence-corrected chi connectivity index (χ2v) is 12.9. The molecule has 18 heteroatoms. The van der Waals surface area contributed by atoms with Crippen molar-refractivity contribution in [3.8, 4) is 5.75 Å². The smallest absolute Gasteiger partial charge is 0.459 e. The first-order chi connectivity index (χ1) is 21.6. The highest BCUT2D eigenvalue weighted by Crippen LogP contribution is 2.48. The highest BCUT2D eigenvalue weighted by molar-refractivity contribution is 7.52. The van der Waals surface area contributed by atoms with Crippen LogP contribution in [0.3, 0.4) is 0 Å². The van der Waals surface area contributed by atoms with Crippen LogP contribution in [0.4, 0.5) is 14.6 Å². The number of anilines is 1. The molecule has 4 rings (SSSR count). The van der Waals surface area contributed by atoms with Gasteiger partial charge in [-0.15, -0.1) is 0 Å². The molecule has 1 fully saturated rings. The van der Waals surface area contributed by atoms with Crippen molar-refractivity contribution < 1.29 is 46.6 Å². The van der Waals surface area contributed by atoms with Gasteiger partial charge in [-0.2, -0.15) is 18.9 Å². The summed E-state index contributed by atoms with van der Waals surface area (Å²) in [6, 6.07) is 11.6. The van der Waals surface area contributed by atoms with E-state index in [0.717, 1.165) is 12.3 Å². The van der Waals surface area contributed by atoms with Crippen LogP contribution in [0, 0.1) is 0 Å². The van der Waals surface area contributed by atoms with Crippen molar-refractivity contribution in [2.24, 2.45) is 0 Å². The summed E-state index contributed by atoms with van der Waals surface area (Å²) in [5, 5.41) is 15.5. The van der Waals surface area contributed by atoms with Crippen LogP contribution in [-0.2, 0) is 23.4 Å². The average molecular weight is 705 g/mol. The second-order valence-electron chi connectivity index (χ2n) is 10.3. The minimum Gasteiger partial charge on any atom is -0.462 e. The predicted octanol–water partition coefficient (Wildman–Crippen LogP) is 4.83. The number of aliphatic hydroxyl groups is 1. The number of aromatic nitrogens is 2. The zero-order chi connectivity index (χ0) is 33.8. The highest BCUT2D eigenvalue weighted by atomic mass is 35.5. The van der Waals surface area contributed by atoms with Crippen molar-refractivity contribution >= 4 is 48.6 Å². The molecule has 3 N–H and O–H groups in total. The van der Waals surface area contributed by atoms with Gasteiger partial charge in [-0.3, -0.25) is 18.7 Å². The minimum absolute atomic E-state index is 0.0503. The number of carbonyl (C=O) groups is 2. The van der Waals surface area contributed by atoms with E-state index >= 15 is 8.78 Å². The summed E-state index contributed by atoms with van der Waals surface area (Å²) in [5.41, 5.74) is -1.20. The molecule has 3 aromatic rings. The van der Waals surface area contributed by atoms with Crippen molar-refractivity contribution in [2.45, 2.75) is 57.3 Å². The number of ether oxygens (including phenoxy) is 2. The van der Waals surface area contributed by atoms with Crippen molar-refractivity contribution in [1.82, 2.24) is 14.6 Å². The molecule has 2 aromatic carbocycles. The Morgan fingerprint density at radius 1 is 1.13 bits per heavy atom. The molecule has 2 heterocycles. The van der Waals surface area contributed by atoms with Crippen molar-refractivity contribution in [1.29, 1.82) is 0 Å². The normalized spacial score (nSPS) is 20.9. The summed E-state index contributed by atoms with van der Waals surface area (Å²) in [6.07, 6.45) is -6.33. The Hall–Kier alpha value is -3.43. The lowest BCUT2D eigenvalue weighted by molar-refractivity contribution is -0.149. The van der Waals surface area contributed by atoms with Crippen LogP contribution in [0.25, 0.3) is 0 Å². The van der Waals surface area contributed by atoms with Crippen LogP contribution < -0.4 is 20.6 Å². The number of hydrogen-bond acceptors (Lipinski definition) is 10. The maximum atomic E-state index is 15.2. The Morgan fingerprint density at radius 3 is 2.39 bits per heavy atom. The van der Waals surface area contributed by atoms with Crippen LogP contribution in [0.15, 0.2) is 65.6 Å². The van der Waals surface area contributed by atoms with E-state index in [2.05, 4.69) is 15.4 Å². The van der Waals surface area contributed by atoms with Gasteiger partial charge in [-0.05, 0) is 57.2 Å². The van der Waals surface area contributed by atoms with Gasteiger partial charge in [0.2, 0.25) is 6.23 Å². The topological polar surface area (TPSA) is 167 Å². The van der Waals surface area contributed by atoms with E-state index < -0.39 is 68.4 Å². The zero-order valence-corrected chi connectivity index (χ0v) is 26.8. The fourth-order valence-corrected chi connectivity index (χ4v) is 6.17. The summed E-state index contributed by atoms with van der Waals surface area (Å²) in [6.45, 7) is 3.63. The van der Waals surface area contributed by atoms with Crippen molar-refractivity contribution in [3.05, 3.63) is 86.9 Å². The van der Waals surface area contributed by atoms with Gasteiger partial charge < -0.3 is 24.4 Å². The third-order valence-corrected chi connectivity index (χ3v) is 8.34. The molecule has 248 valence electrons. The summed E-state index contributed by atoms with van der Waals surface area (Å²) in [5.74, 6) is -5.80. The van der Waals surface area contributed by atoms with E-state index in [9.17, 15) is 24.1 Å². The number of nitrogens with one attached hydrogen (secondary N) is 2. The van der Waals surface area contributed by atoms with Gasteiger partial charge in [0, 0.05) is 21.8 Å². The number of alkyl halides is 2. The number of benzene rings is 2. The highest BCUT2D eigenvalue weighted by Gasteiger charge is 2.60. The minimum atomic E-state index is -4.49. The van der Waals surface area contributed by atoms with Gasteiger partial charge in [-0.1, -0.05) is 41.4 Å². The molecule has 1 aliphatic heterocycles. The maximum Gasteiger partial charge on any atom is 0.459 e. The monoisotopic (exact) mass is 704 g/mol. The SMILES string of the molecule is CC(C)OC(=O)[C@@H](C)NP(=O)(OC[C@H]1OC(n2ccc(NC(=O)c3cc(Cl)cc(Cl)c3)nc2=O)C(F)(F)[C@@H]1O)Oc1ccccc1. The molecule has 5 atom stereocenters. The lowest BCUT2D eigenvalue weighted by atomic mass is 10.1. The van der Waals surface area contributed by atoms with Crippen LogP contribution >= 0.6 is 30.9 Å². The second kappa shape index (κ2) is 14.6. The number of halogens is 4. The van der Waals surface area contributed by atoms with E-state index in [4.69, 9.17) is 41.7 Å². The molecule has 0 spiro atoms. The molecular formula is C28H29Cl2F2N4O9P. The largest absolute Gasteiger partial charge is 0.462 e. The average Bonchev–Trinajstić information content (AvgIpc) is 3.19. The van der Waals surface area contributed by atoms with E-state index in [1.54, 1.807) is 32.0 Å². The molecule has 2 unspecified atom stereocenters. The fraction of sp³-hybridized carbons (Fsp3) is 0.357. The molecule has 1 aromatic heterocycles. The third-order valence-electron chi connectivity index (χ3n) is 6.26. The van der Waals surface area contributed by atoms with Crippen LogP contribution in [0.1, 0.15) is 37.4 Å². The summed E-state index contributed by atoms with van der Waals surface area (Å²) >= 11 is 11.8. The number of amides is 1. The third kappa shape index (κ3) is 8.68. The van der Waals surface area contributed by atoms with Gasteiger partial charge in [-0.25, -0.2) is 9.36 Å². The summed E-state index contributed by atoms with van der Waals surface area (Å²) in [4.78, 5) is 41.2. The number of rotatable bonds is 12. The van der Waals surface area contributed by atoms with Gasteiger partial charge in [0.05, 0.1) is 12.7 Å². The van der Waals surface area contributed by atoms with Crippen molar-refractivity contribution in [2.75, 3.05) is 11.9 Å². The van der Waals surface area contributed by atoms with E-state index in [1.165, 1.54) is 37.3 Å². The van der Waals surface area contributed by atoms with E-state index in [1.807, 2.05) is 0 Å². The first-order valence-corrected chi connectivity index (χ1v) is 15.9. The van der Waals surface area contributed by atoms with Gasteiger partial charge in [0.25, 0.3) is 5.91 Å². The molecule has 1 amide bonds. The van der Waals surface area contributed by atoms with Gasteiger partial charge in [0.15, 0.2) is 6.10 Å². The lowest BCUT2D eigenvalue weighted by Crippen LogP contribution is -2.42. The lowest BCUT2D eigenvalue weighted by Gasteiger charge is -2.25. The number of carbonyl (C=O) groups excluding carboxylic acids is 2. The van der Waals surface area contributed by atoms with Crippen LogP contribution in [0.5, 0.6) is 5.75 Å². The number of aliphatic hydroxyl groups excluding tert-OH is 1. The molecule has 0 saturated carbocycles. The summed E-state index contributed by atoms with van der Waals surface area (Å²) < 4.78 is 65.8. The number of hydrogen-bond donors (Lipinski definition) is 3. The Bertz CT molecular complexity index is 1660. The maximum absolute atomic E-state index is 15.2. The standard InChI is InChI=1S/C28H29Cl2F2N4O9P/c1-15(2)43-25(39)16(3)35-46(41,45-20-7-5-4-6-8-20)42-14-21-23(37)28(31,32)26(44-21)36-10-9-22(34-27(36)40)33-24(38)17-11-18(29)13-19(30)12-17/h4-13,15-16,21,23,26,37H,14H2,1-3H3,(H,35,41)(H,33,34,38,40)/t16-,21-,23-,26?,46?/m1/s1. The first kappa shape index (κ1) is 35.4. The Kier molecular flexibility index (Phi) is 11.2. The number of nitrogens with zero attached hydrogens (tertiary/aromatic N) is 2. The molecule has 0 bridgehead atoms. The van der Waals surface area contributed by atoms with Crippen LogP contribution in [0.2, 0.25) is 10.0 Å². The first-order valence-electron chi connectivity index (χ1n) is 13.6. The molecule has 1 aliphatic rings. The van der Waals surface area contributed by atoms with Gasteiger partial charge >= 0.3 is 25.3 Å². The molecule has 0 radical (unpaired) electrons. The Morgan fingerprint density at radius 2 is 1.78 bits per heavy atom. The Balaban J connectivity index is 1.49. The zero-order valence-electron chi connectivity index (χ0n) is 24.4. The molecular weight excluding hydrogens is 676 g/mol. The van der Waals surface area contributed by atoms with E-state index in [-0.39, 0.29) is 27.2 Å². The Labute approximate surface area is 271 Å². The predicted molar refractivity (Wildman–Crippen MR) is 162 cm³/mol. The quantitative estimate of drug-likeness (QED) is 0.175. The van der Waals surface area contributed by atoms with Crippen molar-refractivity contribution in [3.63, 3.8) is 0 Å². The molecule has 1 saturated heterocycles. The number of esters is 1. The molecule has 46 heavy (non-hydrogen) atoms. The number of para-hydroxylation sites is 1. The van der Waals surface area contributed by atoms with Gasteiger partial charge in [0.1, 0.15) is 23.7 Å².